The Kier molecular flexibility index (Phi) is 4.22. The average molecular weight is 239 g/mol. The zero-order valence-electron chi connectivity index (χ0n) is 10.9. The van der Waals surface area contributed by atoms with Gasteiger partial charge in [-0.15, -0.1) is 0 Å². The minimum absolute atomic E-state index is 0.131. The molecule has 96 valence electrons. The first-order chi connectivity index (χ1) is 7.80. The van der Waals surface area contributed by atoms with Gasteiger partial charge >= 0.3 is 0 Å². The molecule has 1 aromatic heterocycles. The molecule has 1 aromatic rings. The summed E-state index contributed by atoms with van der Waals surface area (Å²) in [4.78, 5) is 15.8. The van der Waals surface area contributed by atoms with Crippen LogP contribution in [0, 0.1) is 5.41 Å². The van der Waals surface area contributed by atoms with Crippen molar-refractivity contribution in [3.63, 3.8) is 0 Å². The molecule has 0 saturated heterocycles. The van der Waals surface area contributed by atoms with Gasteiger partial charge in [0.2, 0.25) is 5.91 Å². The molecule has 0 aliphatic heterocycles. The second kappa shape index (κ2) is 5.27. The van der Waals surface area contributed by atoms with Crippen LogP contribution < -0.4 is 11.1 Å². The Bertz CT molecular complexity index is 379. The van der Waals surface area contributed by atoms with E-state index in [9.17, 15) is 4.79 Å². The molecule has 1 atom stereocenters. The zero-order valence-corrected chi connectivity index (χ0v) is 10.9. The second-order valence-corrected chi connectivity index (χ2v) is 5.22. The van der Waals surface area contributed by atoms with Crippen LogP contribution in [0.2, 0.25) is 0 Å². The first-order valence-electron chi connectivity index (χ1n) is 5.68. The molecule has 0 fully saturated rings. The minimum atomic E-state index is -0.501. The maximum Gasteiger partial charge on any atom is 0.237 e. The Morgan fingerprint density at radius 3 is 2.71 bits per heavy atom. The third kappa shape index (κ3) is 4.14. The van der Waals surface area contributed by atoms with Crippen LogP contribution in [0.1, 0.15) is 26.6 Å². The van der Waals surface area contributed by atoms with Crippen LogP contribution in [-0.2, 0) is 18.3 Å². The lowest BCUT2D eigenvalue weighted by atomic mass is 9.87. The molecule has 0 aliphatic rings. The molecule has 0 saturated carbocycles. The van der Waals surface area contributed by atoms with Crippen molar-refractivity contribution in [1.82, 2.24) is 20.1 Å². The standard InChI is InChI=1S/C11H21N5O/c1-11(2,3)9(12)10(17)13-6-5-8-14-7-16(4)15-8/h7,9H,5-6,12H2,1-4H3,(H,13,17)/t9-/m0/s1. The summed E-state index contributed by atoms with van der Waals surface area (Å²) in [5.41, 5.74) is 5.60. The highest BCUT2D eigenvalue weighted by Gasteiger charge is 2.26. The third-order valence-corrected chi connectivity index (χ3v) is 2.51. The van der Waals surface area contributed by atoms with Crippen LogP contribution in [-0.4, -0.2) is 33.3 Å². The van der Waals surface area contributed by atoms with Crippen molar-refractivity contribution in [3.8, 4) is 0 Å². The van der Waals surface area contributed by atoms with Crippen molar-refractivity contribution in [2.45, 2.75) is 33.2 Å². The summed E-state index contributed by atoms with van der Waals surface area (Å²) < 4.78 is 1.64. The smallest absolute Gasteiger partial charge is 0.237 e. The molecule has 3 N–H and O–H groups in total. The van der Waals surface area contributed by atoms with Crippen LogP contribution in [0.5, 0.6) is 0 Å². The number of aryl methyl sites for hydroxylation is 1. The van der Waals surface area contributed by atoms with Crippen LogP contribution in [0.3, 0.4) is 0 Å². The number of nitrogens with one attached hydrogen (secondary N) is 1. The Labute approximate surface area is 102 Å². The molecule has 17 heavy (non-hydrogen) atoms. The van der Waals surface area contributed by atoms with E-state index in [4.69, 9.17) is 5.73 Å². The fraction of sp³-hybridized carbons (Fsp3) is 0.727. The van der Waals surface area contributed by atoms with Crippen molar-refractivity contribution in [1.29, 1.82) is 0 Å². The molecular formula is C11H21N5O. The Balaban J connectivity index is 2.34. The van der Waals surface area contributed by atoms with Gasteiger partial charge in [-0.2, -0.15) is 5.10 Å². The summed E-state index contributed by atoms with van der Waals surface area (Å²) in [5, 5.41) is 6.92. The van der Waals surface area contributed by atoms with Gasteiger partial charge in [0.25, 0.3) is 0 Å². The maximum atomic E-state index is 11.7. The summed E-state index contributed by atoms with van der Waals surface area (Å²) in [6.07, 6.45) is 2.25. The van der Waals surface area contributed by atoms with E-state index in [1.165, 1.54) is 0 Å². The lowest BCUT2D eigenvalue weighted by Crippen LogP contribution is -2.49. The second-order valence-electron chi connectivity index (χ2n) is 5.22. The number of rotatable bonds is 4. The van der Waals surface area contributed by atoms with Gasteiger partial charge in [0.1, 0.15) is 6.33 Å². The zero-order chi connectivity index (χ0) is 13.1. The Morgan fingerprint density at radius 2 is 2.24 bits per heavy atom. The number of amides is 1. The van der Waals surface area contributed by atoms with E-state index >= 15 is 0 Å². The molecule has 0 bridgehead atoms. The summed E-state index contributed by atoms with van der Waals surface area (Å²) in [7, 11) is 1.81. The monoisotopic (exact) mass is 239 g/mol. The van der Waals surface area contributed by atoms with Crippen molar-refractivity contribution in [2.24, 2.45) is 18.2 Å². The SMILES string of the molecule is Cn1cnc(CCNC(=O)[C@H](N)C(C)(C)C)n1. The largest absolute Gasteiger partial charge is 0.354 e. The van der Waals surface area contributed by atoms with E-state index in [0.29, 0.717) is 13.0 Å². The van der Waals surface area contributed by atoms with Gasteiger partial charge in [-0.05, 0) is 5.41 Å². The van der Waals surface area contributed by atoms with Crippen LogP contribution in [0.4, 0.5) is 0 Å². The molecular weight excluding hydrogens is 218 g/mol. The maximum absolute atomic E-state index is 11.7. The predicted octanol–water partition coefficient (Wildman–Crippen LogP) is -0.153. The lowest BCUT2D eigenvalue weighted by molar-refractivity contribution is -0.124. The Morgan fingerprint density at radius 1 is 1.59 bits per heavy atom. The summed E-state index contributed by atoms with van der Waals surface area (Å²) in [6.45, 7) is 6.33. The molecule has 0 radical (unpaired) electrons. The molecule has 0 aromatic carbocycles. The average Bonchev–Trinajstić information content (AvgIpc) is 2.61. The molecule has 6 nitrogen and oxygen atoms in total. The highest BCUT2D eigenvalue weighted by atomic mass is 16.2. The van der Waals surface area contributed by atoms with E-state index < -0.39 is 6.04 Å². The van der Waals surface area contributed by atoms with Crippen molar-refractivity contribution in [2.75, 3.05) is 6.54 Å². The molecule has 0 aliphatic carbocycles. The number of hydrogen-bond acceptors (Lipinski definition) is 4. The summed E-state index contributed by atoms with van der Waals surface area (Å²) >= 11 is 0. The van der Waals surface area contributed by atoms with Gasteiger partial charge in [0, 0.05) is 20.0 Å². The van der Waals surface area contributed by atoms with E-state index in [-0.39, 0.29) is 11.3 Å². The topological polar surface area (TPSA) is 85.8 Å². The lowest BCUT2D eigenvalue weighted by Gasteiger charge is -2.25. The quantitative estimate of drug-likeness (QED) is 0.765. The normalized spacial score (nSPS) is 13.5. The number of carbonyl (C=O) groups excluding carboxylic acids is 1. The fourth-order valence-electron chi connectivity index (χ4n) is 1.30. The summed E-state index contributed by atoms with van der Waals surface area (Å²) in [5.74, 6) is 0.588. The van der Waals surface area contributed by atoms with Gasteiger partial charge < -0.3 is 11.1 Å². The first-order valence-corrected chi connectivity index (χ1v) is 5.68. The molecule has 6 heteroatoms. The minimum Gasteiger partial charge on any atom is -0.354 e. The number of aromatic nitrogens is 3. The number of nitrogens with two attached hydrogens (primary N) is 1. The van der Waals surface area contributed by atoms with Gasteiger partial charge in [0.15, 0.2) is 5.82 Å². The molecule has 0 spiro atoms. The molecule has 1 rings (SSSR count). The number of nitrogens with zero attached hydrogens (tertiary/aromatic N) is 3. The van der Waals surface area contributed by atoms with Crippen molar-refractivity contribution >= 4 is 5.91 Å². The predicted molar refractivity (Wildman–Crippen MR) is 65.1 cm³/mol. The van der Waals surface area contributed by atoms with Crippen molar-refractivity contribution in [3.05, 3.63) is 12.2 Å². The van der Waals surface area contributed by atoms with Crippen LogP contribution in [0.25, 0.3) is 0 Å². The fourth-order valence-corrected chi connectivity index (χ4v) is 1.30. The van der Waals surface area contributed by atoms with Gasteiger partial charge in [-0.3, -0.25) is 9.48 Å². The molecule has 0 unspecified atom stereocenters. The van der Waals surface area contributed by atoms with Crippen LogP contribution in [0.15, 0.2) is 6.33 Å². The highest BCUT2D eigenvalue weighted by Crippen LogP contribution is 2.16. The number of hydrogen-bond donors (Lipinski definition) is 2. The Hall–Kier alpha value is -1.43. The van der Waals surface area contributed by atoms with Crippen LogP contribution >= 0.6 is 0 Å². The summed E-state index contributed by atoms with van der Waals surface area (Å²) in [6, 6.07) is -0.501. The third-order valence-electron chi connectivity index (χ3n) is 2.51. The first kappa shape index (κ1) is 13.6. The van der Waals surface area contributed by atoms with E-state index in [1.54, 1.807) is 11.0 Å². The van der Waals surface area contributed by atoms with E-state index in [1.807, 2.05) is 27.8 Å². The van der Waals surface area contributed by atoms with Gasteiger partial charge in [-0.25, -0.2) is 4.98 Å². The molecule has 1 heterocycles. The van der Waals surface area contributed by atoms with Gasteiger partial charge in [0.05, 0.1) is 6.04 Å². The van der Waals surface area contributed by atoms with E-state index in [2.05, 4.69) is 15.4 Å². The molecule has 1 amide bonds. The highest BCUT2D eigenvalue weighted by molar-refractivity contribution is 5.82. The van der Waals surface area contributed by atoms with Crippen molar-refractivity contribution < 1.29 is 4.79 Å². The number of carbonyl (C=O) groups is 1. The van der Waals surface area contributed by atoms with E-state index in [0.717, 1.165) is 5.82 Å². The van der Waals surface area contributed by atoms with Gasteiger partial charge in [-0.1, -0.05) is 20.8 Å².